The van der Waals surface area contributed by atoms with Gasteiger partial charge in [-0.1, -0.05) is 25.1 Å². The number of Topliss-reactive ketones (excluding diaryl/α,β-unsaturated/α-hetero) is 1. The van der Waals surface area contributed by atoms with Crippen molar-refractivity contribution in [1.82, 2.24) is 0 Å². The van der Waals surface area contributed by atoms with Crippen LogP contribution in [0.2, 0.25) is 0 Å². The normalized spacial score (nSPS) is 13.6. The predicted molar refractivity (Wildman–Crippen MR) is 83.6 cm³/mol. The summed E-state index contributed by atoms with van der Waals surface area (Å²) >= 11 is 1.58. The summed E-state index contributed by atoms with van der Waals surface area (Å²) in [5.41, 5.74) is 4.31. The molecule has 1 unspecified atom stereocenters. The summed E-state index contributed by atoms with van der Waals surface area (Å²) < 4.78 is 0. The Morgan fingerprint density at radius 1 is 1.29 bits per heavy atom. The number of nitrogens with two attached hydrogens (primary N) is 1. The molecule has 0 aromatic heterocycles. The first-order valence-electron chi connectivity index (χ1n) is 6.82. The van der Waals surface area contributed by atoms with Crippen molar-refractivity contribution < 1.29 is 19.8 Å². The van der Waals surface area contributed by atoms with Crippen molar-refractivity contribution in [2.45, 2.75) is 31.7 Å². The van der Waals surface area contributed by atoms with Gasteiger partial charge >= 0.3 is 5.97 Å². The second kappa shape index (κ2) is 8.05. The summed E-state index contributed by atoms with van der Waals surface area (Å²) in [6.07, 6.45) is 0.883. The van der Waals surface area contributed by atoms with Crippen LogP contribution >= 0.6 is 11.8 Å². The summed E-state index contributed by atoms with van der Waals surface area (Å²) in [6.45, 7) is 2.03. The van der Waals surface area contributed by atoms with Crippen LogP contribution in [0.5, 0.6) is 5.75 Å². The smallest absolute Gasteiger partial charge is 0.331 e. The summed E-state index contributed by atoms with van der Waals surface area (Å²) in [5.74, 6) is -0.514. The van der Waals surface area contributed by atoms with Crippen LogP contribution in [0.3, 0.4) is 0 Å². The molecule has 0 fully saturated rings. The van der Waals surface area contributed by atoms with Gasteiger partial charge in [-0.2, -0.15) is 11.8 Å². The standard InChI is InChI=1S/C15H21NO4S/c1-2-8-21-9-7-15(16,14(19)20)13(18)10-11-5-3-4-6-12(11)17/h3-6,17H,2,7-10,16H2,1H3,(H,19,20). The third-order valence-electron chi connectivity index (χ3n) is 3.21. The van der Waals surface area contributed by atoms with Crippen LogP contribution in [0.4, 0.5) is 0 Å². The molecule has 0 spiro atoms. The Bertz CT molecular complexity index is 506. The first-order valence-corrected chi connectivity index (χ1v) is 7.97. The summed E-state index contributed by atoms with van der Waals surface area (Å²) in [6, 6.07) is 6.36. The average molecular weight is 311 g/mol. The molecule has 0 heterocycles. The van der Waals surface area contributed by atoms with E-state index in [1.165, 1.54) is 6.07 Å². The van der Waals surface area contributed by atoms with Gasteiger partial charge in [-0.25, -0.2) is 4.79 Å². The highest BCUT2D eigenvalue weighted by Gasteiger charge is 2.41. The Kier molecular flexibility index (Phi) is 6.71. The van der Waals surface area contributed by atoms with Gasteiger partial charge in [0.05, 0.1) is 0 Å². The van der Waals surface area contributed by atoms with Crippen LogP contribution in [0.15, 0.2) is 24.3 Å². The molecule has 21 heavy (non-hydrogen) atoms. The Labute approximate surface area is 128 Å². The molecule has 0 aliphatic carbocycles. The number of carbonyl (C=O) groups excluding carboxylic acids is 1. The van der Waals surface area contributed by atoms with Crippen LogP contribution in [-0.2, 0) is 16.0 Å². The number of hydrogen-bond acceptors (Lipinski definition) is 5. The van der Waals surface area contributed by atoms with Crippen LogP contribution in [-0.4, -0.2) is 39.0 Å². The van der Waals surface area contributed by atoms with Gasteiger partial charge in [0.15, 0.2) is 11.3 Å². The number of aliphatic carboxylic acids is 1. The first kappa shape index (κ1) is 17.5. The van der Waals surface area contributed by atoms with Crippen molar-refractivity contribution in [2.24, 2.45) is 5.73 Å². The topological polar surface area (TPSA) is 101 Å². The number of phenolic OH excluding ortho intramolecular Hbond substituents is 1. The Morgan fingerprint density at radius 2 is 1.95 bits per heavy atom. The Hall–Kier alpha value is -1.53. The molecule has 0 bridgehead atoms. The van der Waals surface area contributed by atoms with E-state index in [0.29, 0.717) is 11.3 Å². The number of aromatic hydroxyl groups is 1. The summed E-state index contributed by atoms with van der Waals surface area (Å²) in [4.78, 5) is 23.6. The molecule has 1 aromatic rings. The van der Waals surface area contributed by atoms with Gasteiger partial charge in [-0.15, -0.1) is 0 Å². The molecule has 4 N–H and O–H groups in total. The fraction of sp³-hybridized carbons (Fsp3) is 0.467. The third-order valence-corrected chi connectivity index (χ3v) is 4.40. The number of phenols is 1. The molecule has 116 valence electrons. The number of carboxylic acids is 1. The Balaban J connectivity index is 2.77. The van der Waals surface area contributed by atoms with Crippen LogP contribution in [0, 0.1) is 0 Å². The minimum absolute atomic E-state index is 0.0288. The zero-order valence-corrected chi connectivity index (χ0v) is 12.9. The maximum atomic E-state index is 12.3. The maximum Gasteiger partial charge on any atom is 0.331 e. The Morgan fingerprint density at radius 3 is 2.52 bits per heavy atom. The predicted octanol–water partition coefficient (Wildman–Crippen LogP) is 1.82. The van der Waals surface area contributed by atoms with Gasteiger partial charge in [0.1, 0.15) is 5.75 Å². The minimum Gasteiger partial charge on any atom is -0.508 e. The third kappa shape index (κ3) is 4.75. The number of hydrogen-bond donors (Lipinski definition) is 3. The second-order valence-corrected chi connectivity index (χ2v) is 6.09. The molecular formula is C15H21NO4S. The quantitative estimate of drug-likeness (QED) is 0.475. The number of carboxylic acid groups (broad SMARTS) is 1. The number of thioether (sulfide) groups is 1. The highest BCUT2D eigenvalue weighted by Crippen LogP contribution is 2.21. The van der Waals surface area contributed by atoms with E-state index in [0.717, 1.165) is 12.2 Å². The lowest BCUT2D eigenvalue weighted by molar-refractivity contribution is -0.148. The fourth-order valence-electron chi connectivity index (χ4n) is 1.84. The molecule has 0 saturated carbocycles. The molecule has 1 rings (SSSR count). The van der Waals surface area contributed by atoms with E-state index in [2.05, 4.69) is 0 Å². The molecular weight excluding hydrogens is 290 g/mol. The van der Waals surface area contributed by atoms with Crippen molar-refractivity contribution in [3.8, 4) is 5.75 Å². The number of rotatable bonds is 9. The van der Waals surface area contributed by atoms with E-state index < -0.39 is 17.3 Å². The second-order valence-electron chi connectivity index (χ2n) is 4.87. The van der Waals surface area contributed by atoms with E-state index >= 15 is 0 Å². The number of carbonyl (C=O) groups is 2. The van der Waals surface area contributed by atoms with Gasteiger partial charge in [-0.05, 0) is 30.4 Å². The lowest BCUT2D eigenvalue weighted by atomic mass is 9.88. The fourth-order valence-corrected chi connectivity index (χ4v) is 2.80. The van der Waals surface area contributed by atoms with E-state index in [-0.39, 0.29) is 18.6 Å². The van der Waals surface area contributed by atoms with Crippen molar-refractivity contribution in [3.63, 3.8) is 0 Å². The lowest BCUT2D eigenvalue weighted by Crippen LogP contribution is -2.56. The number of benzene rings is 1. The van der Waals surface area contributed by atoms with Gasteiger partial charge < -0.3 is 15.9 Å². The SMILES string of the molecule is CCCSCCC(N)(C(=O)O)C(=O)Cc1ccccc1O. The molecule has 0 aliphatic rings. The average Bonchev–Trinajstić information content (AvgIpc) is 2.45. The van der Waals surface area contributed by atoms with E-state index in [1.54, 1.807) is 30.0 Å². The van der Waals surface area contributed by atoms with Crippen LogP contribution < -0.4 is 5.73 Å². The highest BCUT2D eigenvalue weighted by molar-refractivity contribution is 7.99. The molecule has 1 atom stereocenters. The number of para-hydroxylation sites is 1. The zero-order chi connectivity index (χ0) is 15.9. The monoisotopic (exact) mass is 311 g/mol. The minimum atomic E-state index is -1.90. The van der Waals surface area contributed by atoms with Crippen molar-refractivity contribution in [2.75, 3.05) is 11.5 Å². The molecule has 0 saturated heterocycles. The molecule has 0 aliphatic heterocycles. The van der Waals surface area contributed by atoms with Gasteiger partial charge in [-0.3, -0.25) is 4.79 Å². The largest absolute Gasteiger partial charge is 0.508 e. The van der Waals surface area contributed by atoms with Gasteiger partial charge in [0, 0.05) is 12.0 Å². The highest BCUT2D eigenvalue weighted by atomic mass is 32.2. The molecule has 0 amide bonds. The van der Waals surface area contributed by atoms with Gasteiger partial charge in [0.25, 0.3) is 0 Å². The molecule has 0 radical (unpaired) electrons. The van der Waals surface area contributed by atoms with E-state index in [9.17, 15) is 19.8 Å². The van der Waals surface area contributed by atoms with E-state index in [4.69, 9.17) is 5.73 Å². The van der Waals surface area contributed by atoms with Crippen LogP contribution in [0.25, 0.3) is 0 Å². The van der Waals surface area contributed by atoms with E-state index in [1.807, 2.05) is 6.92 Å². The maximum absolute atomic E-state index is 12.3. The first-order chi connectivity index (χ1) is 9.91. The summed E-state index contributed by atoms with van der Waals surface area (Å²) in [7, 11) is 0. The van der Waals surface area contributed by atoms with Crippen LogP contribution in [0.1, 0.15) is 25.3 Å². The van der Waals surface area contributed by atoms with Crippen molar-refractivity contribution >= 4 is 23.5 Å². The summed E-state index contributed by atoms with van der Waals surface area (Å²) in [5, 5.41) is 19.0. The molecule has 6 heteroatoms. The lowest BCUT2D eigenvalue weighted by Gasteiger charge is -2.23. The molecule has 1 aromatic carbocycles. The molecule has 5 nitrogen and oxygen atoms in total. The van der Waals surface area contributed by atoms with Crippen molar-refractivity contribution in [3.05, 3.63) is 29.8 Å². The number of ketones is 1. The zero-order valence-electron chi connectivity index (χ0n) is 12.0. The van der Waals surface area contributed by atoms with Gasteiger partial charge in [0.2, 0.25) is 0 Å². The van der Waals surface area contributed by atoms with Crippen molar-refractivity contribution in [1.29, 1.82) is 0 Å².